The summed E-state index contributed by atoms with van der Waals surface area (Å²) in [5, 5.41) is 0. The van der Waals surface area contributed by atoms with Crippen molar-refractivity contribution in [2.75, 3.05) is 13.2 Å². The van der Waals surface area contributed by atoms with Crippen LogP contribution in [0.5, 0.6) is 0 Å². The maximum absolute atomic E-state index is 11.0. The van der Waals surface area contributed by atoms with Crippen molar-refractivity contribution in [3.8, 4) is 0 Å². The van der Waals surface area contributed by atoms with Crippen LogP contribution in [0.4, 0.5) is 0 Å². The summed E-state index contributed by atoms with van der Waals surface area (Å²) < 4.78 is 41.8. The van der Waals surface area contributed by atoms with E-state index in [4.69, 9.17) is 9.47 Å². The van der Waals surface area contributed by atoms with Gasteiger partial charge in [-0.25, -0.2) is 13.2 Å². The van der Waals surface area contributed by atoms with Crippen molar-refractivity contribution in [3.63, 3.8) is 0 Å². The molecule has 6 nitrogen and oxygen atoms in total. The summed E-state index contributed by atoms with van der Waals surface area (Å²) >= 11 is 0. The first-order valence-corrected chi connectivity index (χ1v) is 7.15. The smallest absolute Gasteiger partial charge is 0.746 e. The van der Waals surface area contributed by atoms with Crippen LogP contribution >= 0.6 is 0 Å². The van der Waals surface area contributed by atoms with Gasteiger partial charge < -0.3 is 14.0 Å². The van der Waals surface area contributed by atoms with Crippen LogP contribution in [-0.4, -0.2) is 37.6 Å². The Balaban J connectivity index is 0. The molecular formula is C11H19NaO6S. The Morgan fingerprint density at radius 2 is 1.84 bits per heavy atom. The van der Waals surface area contributed by atoms with Crippen LogP contribution in [0.25, 0.3) is 0 Å². The van der Waals surface area contributed by atoms with E-state index in [2.05, 4.69) is 6.58 Å². The quantitative estimate of drug-likeness (QED) is 0.164. The Morgan fingerprint density at radius 1 is 1.32 bits per heavy atom. The summed E-state index contributed by atoms with van der Waals surface area (Å²) in [5.41, 5.74) is -0.967. The first kappa shape index (κ1) is 21.4. The van der Waals surface area contributed by atoms with Crippen LogP contribution in [0.3, 0.4) is 0 Å². The molecule has 0 N–H and O–H groups in total. The second-order valence-electron chi connectivity index (χ2n) is 3.82. The minimum Gasteiger partial charge on any atom is -0.746 e. The van der Waals surface area contributed by atoms with Gasteiger partial charge in [-0.05, 0) is 26.2 Å². The maximum Gasteiger partial charge on any atom is 1.00 e. The number of rotatable bonds is 9. The molecule has 0 aromatic rings. The minimum atomic E-state index is -4.40. The van der Waals surface area contributed by atoms with E-state index in [0.29, 0.717) is 18.4 Å². The normalized spacial score (nSPS) is 12.4. The molecule has 8 heteroatoms. The van der Waals surface area contributed by atoms with Gasteiger partial charge >= 0.3 is 35.5 Å². The molecule has 0 heterocycles. The van der Waals surface area contributed by atoms with Gasteiger partial charge in [0.25, 0.3) is 0 Å². The molecule has 0 saturated carbocycles. The zero-order valence-electron chi connectivity index (χ0n) is 11.7. The third-order valence-corrected chi connectivity index (χ3v) is 3.19. The van der Waals surface area contributed by atoms with Crippen molar-refractivity contribution in [1.29, 1.82) is 0 Å². The van der Waals surface area contributed by atoms with E-state index in [1.54, 1.807) is 13.8 Å². The summed E-state index contributed by atoms with van der Waals surface area (Å²) in [4.78, 5) is 11.0. The number of hydrogen-bond acceptors (Lipinski definition) is 6. The van der Waals surface area contributed by atoms with E-state index in [1.807, 2.05) is 0 Å². The zero-order chi connectivity index (χ0) is 14.2. The molecule has 0 aromatic heterocycles. The van der Waals surface area contributed by atoms with Crippen molar-refractivity contribution in [2.45, 2.75) is 38.5 Å². The van der Waals surface area contributed by atoms with Gasteiger partial charge in [0, 0.05) is 12.2 Å². The Hall–Kier alpha value is 0.0800. The van der Waals surface area contributed by atoms with Crippen LogP contribution in [0, 0.1) is 0 Å². The number of carbonyl (C=O) groups excluding carboxylic acids is 1. The molecule has 0 spiro atoms. The van der Waals surface area contributed by atoms with Crippen LogP contribution in [0.15, 0.2) is 12.2 Å². The van der Waals surface area contributed by atoms with Crippen molar-refractivity contribution in [1.82, 2.24) is 0 Å². The van der Waals surface area contributed by atoms with Crippen molar-refractivity contribution in [2.24, 2.45) is 0 Å². The van der Waals surface area contributed by atoms with Gasteiger partial charge in [-0.15, -0.1) is 0 Å². The van der Waals surface area contributed by atoms with Crippen LogP contribution < -0.4 is 29.6 Å². The Kier molecular flexibility index (Phi) is 12.2. The fraction of sp³-hybridized carbons (Fsp3) is 0.727. The number of esters is 1. The second-order valence-corrected chi connectivity index (χ2v) is 5.34. The molecule has 0 fully saturated rings. The number of ether oxygens (including phenoxy) is 2. The zero-order valence-corrected chi connectivity index (χ0v) is 14.5. The first-order chi connectivity index (χ1) is 8.29. The molecule has 106 valence electrons. The van der Waals surface area contributed by atoms with Gasteiger partial charge in [-0.1, -0.05) is 13.5 Å². The van der Waals surface area contributed by atoms with Gasteiger partial charge in [0.05, 0.1) is 6.61 Å². The fourth-order valence-electron chi connectivity index (χ4n) is 1.11. The van der Waals surface area contributed by atoms with E-state index in [0.717, 1.165) is 0 Å². The average molecular weight is 302 g/mol. The second kappa shape index (κ2) is 10.8. The van der Waals surface area contributed by atoms with E-state index in [1.165, 1.54) is 0 Å². The van der Waals surface area contributed by atoms with E-state index < -0.39 is 21.5 Å². The van der Waals surface area contributed by atoms with Gasteiger partial charge in [-0.3, -0.25) is 0 Å². The molecule has 0 amide bonds. The summed E-state index contributed by atoms with van der Waals surface area (Å²) in [6, 6.07) is 0. The molecule has 0 aromatic carbocycles. The monoisotopic (exact) mass is 302 g/mol. The maximum atomic E-state index is 11.0. The van der Waals surface area contributed by atoms with Crippen molar-refractivity contribution >= 4 is 16.1 Å². The van der Waals surface area contributed by atoms with E-state index in [9.17, 15) is 17.8 Å². The molecule has 1 atom stereocenters. The molecule has 0 radical (unpaired) electrons. The van der Waals surface area contributed by atoms with Gasteiger partial charge in [0.2, 0.25) is 0 Å². The molecule has 0 saturated heterocycles. The largest absolute Gasteiger partial charge is 1.00 e. The predicted octanol–water partition coefficient (Wildman–Crippen LogP) is -1.81. The molecule has 0 bridgehead atoms. The Bertz CT molecular complexity index is 379. The average Bonchev–Trinajstić information content (AvgIpc) is 2.25. The molecular weight excluding hydrogens is 283 g/mol. The molecule has 0 rings (SSSR count). The minimum absolute atomic E-state index is 0. The fourth-order valence-corrected chi connectivity index (χ4v) is 1.78. The number of hydrogen-bond donors (Lipinski definition) is 0. The topological polar surface area (TPSA) is 92.7 Å². The molecule has 0 aliphatic heterocycles. The molecule has 0 aliphatic rings. The van der Waals surface area contributed by atoms with Gasteiger partial charge in [0.15, 0.2) is 0 Å². The third-order valence-electron chi connectivity index (χ3n) is 2.08. The number of carbonyl (C=O) groups is 1. The van der Waals surface area contributed by atoms with Crippen LogP contribution in [-0.2, 0) is 24.4 Å². The standard InChI is InChI=1S/C11H20O6S.Na/c1-4-10(18(13,14)15)16-7-5-6-8-17-11(12)9(2)3;/h10H,2,4-8H2,1,3H3,(H,13,14,15);/q;+1/p-1. The Morgan fingerprint density at radius 3 is 2.26 bits per heavy atom. The van der Waals surface area contributed by atoms with Crippen molar-refractivity contribution in [3.05, 3.63) is 12.2 Å². The van der Waals surface area contributed by atoms with E-state index in [-0.39, 0.29) is 49.2 Å². The summed E-state index contributed by atoms with van der Waals surface area (Å²) in [5.74, 6) is -0.454. The SMILES string of the molecule is C=C(C)C(=O)OCCCCOC(CC)S(=O)(=O)[O-].[Na+]. The first-order valence-electron chi connectivity index (χ1n) is 5.68. The van der Waals surface area contributed by atoms with Gasteiger partial charge in [-0.2, -0.15) is 0 Å². The molecule has 1 unspecified atom stereocenters. The predicted molar refractivity (Wildman–Crippen MR) is 64.7 cm³/mol. The van der Waals surface area contributed by atoms with Crippen molar-refractivity contribution < 1.29 is 56.8 Å². The van der Waals surface area contributed by atoms with Gasteiger partial charge in [0.1, 0.15) is 15.6 Å². The van der Waals surface area contributed by atoms with Crippen LogP contribution in [0.2, 0.25) is 0 Å². The third kappa shape index (κ3) is 10.5. The molecule has 19 heavy (non-hydrogen) atoms. The van der Waals surface area contributed by atoms with Crippen LogP contribution in [0.1, 0.15) is 33.1 Å². The van der Waals surface area contributed by atoms with E-state index >= 15 is 0 Å². The summed E-state index contributed by atoms with van der Waals surface area (Å²) in [6.45, 7) is 6.91. The molecule has 0 aliphatic carbocycles. The summed E-state index contributed by atoms with van der Waals surface area (Å²) in [6.07, 6.45) is 1.17. The summed E-state index contributed by atoms with van der Waals surface area (Å²) in [7, 11) is -4.40. The Labute approximate surface area is 136 Å². The number of unbranched alkanes of at least 4 members (excludes halogenated alkanes) is 1.